The molecule has 0 saturated heterocycles. The Morgan fingerprint density at radius 3 is 2.56 bits per heavy atom. The van der Waals surface area contributed by atoms with Crippen LogP contribution in [-0.2, 0) is 6.42 Å². The van der Waals surface area contributed by atoms with Gasteiger partial charge in [-0.3, -0.25) is 4.79 Å². The third-order valence-corrected chi connectivity index (χ3v) is 2.77. The molecule has 2 N–H and O–H groups in total. The van der Waals surface area contributed by atoms with E-state index in [1.165, 1.54) is 0 Å². The lowest BCUT2D eigenvalue weighted by atomic mass is 9.98. The number of aliphatic hydroxyl groups excluding tert-OH is 1. The lowest BCUT2D eigenvalue weighted by molar-refractivity contribution is 0.112. The van der Waals surface area contributed by atoms with Crippen LogP contribution in [0.15, 0.2) is 42.5 Å². The van der Waals surface area contributed by atoms with Crippen molar-refractivity contribution >= 4 is 6.29 Å². The minimum absolute atomic E-state index is 0.0303. The molecule has 0 spiro atoms. The molecule has 3 nitrogen and oxygen atoms in total. The van der Waals surface area contributed by atoms with E-state index in [9.17, 15) is 9.90 Å². The SMILES string of the molecule is O=Cc1cc(CCO)cc(-c2ccccc2O)c1. The van der Waals surface area contributed by atoms with Crippen LogP contribution in [0, 0.1) is 0 Å². The van der Waals surface area contributed by atoms with Crippen molar-refractivity contribution in [2.75, 3.05) is 6.61 Å². The Balaban J connectivity index is 2.53. The molecular weight excluding hydrogens is 228 g/mol. The zero-order chi connectivity index (χ0) is 13.0. The summed E-state index contributed by atoms with van der Waals surface area (Å²) in [5, 5.41) is 18.8. The molecule has 0 bridgehead atoms. The van der Waals surface area contributed by atoms with Crippen molar-refractivity contribution in [3.05, 3.63) is 53.6 Å². The molecule has 0 heterocycles. The van der Waals surface area contributed by atoms with Gasteiger partial charge in [0.15, 0.2) is 0 Å². The highest BCUT2D eigenvalue weighted by molar-refractivity contribution is 5.81. The third-order valence-electron chi connectivity index (χ3n) is 2.77. The number of aliphatic hydroxyl groups is 1. The molecule has 92 valence electrons. The molecule has 0 radical (unpaired) electrons. The number of rotatable bonds is 4. The van der Waals surface area contributed by atoms with E-state index in [-0.39, 0.29) is 12.4 Å². The van der Waals surface area contributed by atoms with Gasteiger partial charge in [-0.05, 0) is 35.7 Å². The second kappa shape index (κ2) is 5.47. The van der Waals surface area contributed by atoms with Crippen molar-refractivity contribution in [1.82, 2.24) is 0 Å². The minimum atomic E-state index is 0.0303. The first-order valence-corrected chi connectivity index (χ1v) is 5.73. The Kier molecular flexibility index (Phi) is 3.75. The van der Waals surface area contributed by atoms with Gasteiger partial charge in [0.05, 0.1) is 0 Å². The summed E-state index contributed by atoms with van der Waals surface area (Å²) < 4.78 is 0. The quantitative estimate of drug-likeness (QED) is 0.809. The predicted octanol–water partition coefficient (Wildman–Crippen LogP) is 2.41. The zero-order valence-corrected chi connectivity index (χ0v) is 9.84. The van der Waals surface area contributed by atoms with Gasteiger partial charge in [-0.15, -0.1) is 0 Å². The Hall–Kier alpha value is -2.13. The van der Waals surface area contributed by atoms with Crippen LogP contribution >= 0.6 is 0 Å². The van der Waals surface area contributed by atoms with E-state index in [1.807, 2.05) is 12.1 Å². The van der Waals surface area contributed by atoms with E-state index in [2.05, 4.69) is 0 Å². The van der Waals surface area contributed by atoms with Gasteiger partial charge in [0.2, 0.25) is 0 Å². The molecule has 0 atom stereocenters. The smallest absolute Gasteiger partial charge is 0.150 e. The summed E-state index contributed by atoms with van der Waals surface area (Å²) in [6.45, 7) is 0.0303. The molecule has 0 aliphatic carbocycles. The molecule has 0 amide bonds. The monoisotopic (exact) mass is 242 g/mol. The predicted molar refractivity (Wildman–Crippen MR) is 69.7 cm³/mol. The van der Waals surface area contributed by atoms with E-state index in [0.29, 0.717) is 17.5 Å². The first-order chi connectivity index (χ1) is 8.74. The van der Waals surface area contributed by atoms with Crippen LogP contribution in [0.2, 0.25) is 0 Å². The molecule has 0 fully saturated rings. The molecule has 2 aromatic rings. The highest BCUT2D eigenvalue weighted by atomic mass is 16.3. The van der Waals surface area contributed by atoms with E-state index in [1.54, 1.807) is 30.3 Å². The standard InChI is InChI=1S/C15H14O3/c16-6-5-11-7-12(10-17)9-13(8-11)14-3-1-2-4-15(14)18/h1-4,7-10,16,18H,5-6H2. The molecule has 0 aliphatic rings. The van der Waals surface area contributed by atoms with Gasteiger partial charge in [-0.2, -0.15) is 0 Å². The van der Waals surface area contributed by atoms with Crippen molar-refractivity contribution in [3.8, 4) is 16.9 Å². The summed E-state index contributed by atoms with van der Waals surface area (Å²) in [4.78, 5) is 10.9. The van der Waals surface area contributed by atoms with Crippen LogP contribution in [0.4, 0.5) is 0 Å². The zero-order valence-electron chi connectivity index (χ0n) is 9.84. The largest absolute Gasteiger partial charge is 0.507 e. The van der Waals surface area contributed by atoms with Crippen molar-refractivity contribution in [2.45, 2.75) is 6.42 Å². The second-order valence-electron chi connectivity index (χ2n) is 4.07. The summed E-state index contributed by atoms with van der Waals surface area (Å²) in [5.74, 6) is 0.176. The van der Waals surface area contributed by atoms with Gasteiger partial charge in [-0.25, -0.2) is 0 Å². The molecule has 0 saturated carbocycles. The van der Waals surface area contributed by atoms with Crippen molar-refractivity contribution in [3.63, 3.8) is 0 Å². The highest BCUT2D eigenvalue weighted by Gasteiger charge is 2.06. The number of hydrogen-bond acceptors (Lipinski definition) is 3. The number of carbonyl (C=O) groups is 1. The third kappa shape index (κ3) is 2.57. The van der Waals surface area contributed by atoms with Crippen LogP contribution < -0.4 is 0 Å². The van der Waals surface area contributed by atoms with Crippen LogP contribution in [0.1, 0.15) is 15.9 Å². The van der Waals surface area contributed by atoms with Gasteiger partial charge in [0, 0.05) is 17.7 Å². The lowest BCUT2D eigenvalue weighted by Crippen LogP contribution is -1.94. The Labute approximate surface area is 105 Å². The average molecular weight is 242 g/mol. The van der Waals surface area contributed by atoms with Crippen LogP contribution in [0.5, 0.6) is 5.75 Å². The van der Waals surface area contributed by atoms with E-state index in [0.717, 1.165) is 17.4 Å². The minimum Gasteiger partial charge on any atom is -0.507 e. The molecule has 0 unspecified atom stereocenters. The Morgan fingerprint density at radius 2 is 1.89 bits per heavy atom. The van der Waals surface area contributed by atoms with Crippen molar-refractivity contribution < 1.29 is 15.0 Å². The summed E-state index contributed by atoms with van der Waals surface area (Å²) in [6.07, 6.45) is 1.26. The molecule has 18 heavy (non-hydrogen) atoms. The Morgan fingerprint density at radius 1 is 1.11 bits per heavy atom. The number of aromatic hydroxyl groups is 1. The van der Waals surface area contributed by atoms with E-state index < -0.39 is 0 Å². The van der Waals surface area contributed by atoms with Gasteiger partial charge in [0.25, 0.3) is 0 Å². The van der Waals surface area contributed by atoms with Gasteiger partial charge < -0.3 is 10.2 Å². The summed E-state index contributed by atoms with van der Waals surface area (Å²) in [5.41, 5.74) is 2.88. The lowest BCUT2D eigenvalue weighted by Gasteiger charge is -2.08. The fraction of sp³-hybridized carbons (Fsp3) is 0.133. The van der Waals surface area contributed by atoms with E-state index in [4.69, 9.17) is 5.11 Å². The molecule has 2 aromatic carbocycles. The van der Waals surface area contributed by atoms with Crippen LogP contribution in [-0.4, -0.2) is 23.1 Å². The number of phenols is 1. The van der Waals surface area contributed by atoms with Gasteiger partial charge >= 0.3 is 0 Å². The molecule has 2 rings (SSSR count). The number of phenolic OH excluding ortho intramolecular Hbond substituents is 1. The molecule has 3 heteroatoms. The maximum atomic E-state index is 10.9. The van der Waals surface area contributed by atoms with Gasteiger partial charge in [0.1, 0.15) is 12.0 Å². The molecule has 0 aromatic heterocycles. The van der Waals surface area contributed by atoms with Crippen molar-refractivity contribution in [1.29, 1.82) is 0 Å². The normalized spacial score (nSPS) is 10.3. The topological polar surface area (TPSA) is 57.5 Å². The number of aldehydes is 1. The molecule has 0 aliphatic heterocycles. The highest BCUT2D eigenvalue weighted by Crippen LogP contribution is 2.29. The summed E-state index contributed by atoms with van der Waals surface area (Å²) in [6, 6.07) is 12.3. The number of benzene rings is 2. The summed E-state index contributed by atoms with van der Waals surface area (Å²) >= 11 is 0. The first kappa shape index (κ1) is 12.3. The van der Waals surface area contributed by atoms with Crippen LogP contribution in [0.3, 0.4) is 0 Å². The number of carbonyl (C=O) groups excluding carboxylic acids is 1. The maximum Gasteiger partial charge on any atom is 0.150 e. The Bertz CT molecular complexity index is 561. The fourth-order valence-corrected chi connectivity index (χ4v) is 1.93. The summed E-state index contributed by atoms with van der Waals surface area (Å²) in [7, 11) is 0. The average Bonchev–Trinajstić information content (AvgIpc) is 2.39. The number of hydrogen-bond donors (Lipinski definition) is 2. The second-order valence-corrected chi connectivity index (χ2v) is 4.07. The van der Waals surface area contributed by atoms with Crippen LogP contribution in [0.25, 0.3) is 11.1 Å². The van der Waals surface area contributed by atoms with Gasteiger partial charge in [-0.1, -0.05) is 24.3 Å². The van der Waals surface area contributed by atoms with E-state index >= 15 is 0 Å². The fourth-order valence-electron chi connectivity index (χ4n) is 1.93. The first-order valence-electron chi connectivity index (χ1n) is 5.73. The number of para-hydroxylation sites is 1. The maximum absolute atomic E-state index is 10.9. The molecular formula is C15H14O3. The van der Waals surface area contributed by atoms with Crippen molar-refractivity contribution in [2.24, 2.45) is 0 Å².